The van der Waals surface area contributed by atoms with Crippen LogP contribution >= 0.6 is 22.6 Å². The Morgan fingerprint density at radius 3 is 2.50 bits per heavy atom. The van der Waals surface area contributed by atoms with Crippen LogP contribution in [-0.2, 0) is 0 Å². The van der Waals surface area contributed by atoms with Gasteiger partial charge in [-0.15, -0.1) is 13.2 Å². The number of carboxylic acids is 1. The van der Waals surface area contributed by atoms with Crippen LogP contribution in [0, 0.1) is 3.57 Å². The molecule has 1 aromatic rings. The summed E-state index contributed by atoms with van der Waals surface area (Å²) in [6.07, 6.45) is -4.14. The molecule has 0 radical (unpaired) electrons. The molecule has 0 amide bonds. The number of aromatic amines is 1. The van der Waals surface area contributed by atoms with Gasteiger partial charge in [-0.05, 0) is 22.6 Å². The maximum absolute atomic E-state index is 11.9. The van der Waals surface area contributed by atoms with Gasteiger partial charge in [0.25, 0.3) is 5.56 Å². The van der Waals surface area contributed by atoms with E-state index >= 15 is 0 Å². The number of hydrogen-bond donors (Lipinski definition) is 2. The highest BCUT2D eigenvalue weighted by molar-refractivity contribution is 14.1. The van der Waals surface area contributed by atoms with Crippen molar-refractivity contribution in [2.45, 2.75) is 6.36 Å². The summed E-state index contributed by atoms with van der Waals surface area (Å²) in [5.41, 5.74) is -2.07. The molecule has 0 aliphatic heterocycles. The molecule has 0 fully saturated rings. The van der Waals surface area contributed by atoms with Gasteiger partial charge in [-0.3, -0.25) is 4.79 Å². The Bertz CT molecular complexity index is 482. The quantitative estimate of drug-likeness (QED) is 0.795. The van der Waals surface area contributed by atoms with Gasteiger partial charge in [-0.25, -0.2) is 4.79 Å². The summed E-state index contributed by atoms with van der Waals surface area (Å²) >= 11 is 1.47. The molecule has 16 heavy (non-hydrogen) atoms. The summed E-state index contributed by atoms with van der Waals surface area (Å²) in [6, 6.07) is 0. The normalized spacial score (nSPS) is 11.2. The standard InChI is InChI=1S/C7H3F3INO4/c8-7(9,10)16-4-3(6(14)15)2(11)1-12-5(4)13/h1H,(H,12,13)(H,14,15). The van der Waals surface area contributed by atoms with Gasteiger partial charge in [-0.1, -0.05) is 0 Å². The highest BCUT2D eigenvalue weighted by Gasteiger charge is 2.35. The lowest BCUT2D eigenvalue weighted by atomic mass is 10.2. The van der Waals surface area contributed by atoms with Crippen molar-refractivity contribution in [2.24, 2.45) is 0 Å². The molecule has 1 aromatic heterocycles. The first-order valence-corrected chi connectivity index (χ1v) is 4.70. The highest BCUT2D eigenvalue weighted by atomic mass is 127. The van der Waals surface area contributed by atoms with Crippen LogP contribution in [0.25, 0.3) is 0 Å². The number of carboxylic acid groups (broad SMARTS) is 1. The number of pyridine rings is 1. The van der Waals surface area contributed by atoms with E-state index in [0.717, 1.165) is 6.20 Å². The number of ether oxygens (including phenoxy) is 1. The van der Waals surface area contributed by atoms with Crippen molar-refractivity contribution >= 4 is 28.6 Å². The lowest BCUT2D eigenvalue weighted by Crippen LogP contribution is -2.25. The fourth-order valence-electron chi connectivity index (χ4n) is 0.901. The maximum Gasteiger partial charge on any atom is 0.573 e. The molecule has 0 atom stereocenters. The monoisotopic (exact) mass is 349 g/mol. The minimum absolute atomic E-state index is 0.0658. The van der Waals surface area contributed by atoms with Gasteiger partial charge >= 0.3 is 12.3 Å². The summed E-state index contributed by atoms with van der Waals surface area (Å²) in [5, 5.41) is 8.66. The summed E-state index contributed by atoms with van der Waals surface area (Å²) in [4.78, 5) is 23.6. The molecule has 9 heteroatoms. The molecule has 0 unspecified atom stereocenters. The second-order valence-electron chi connectivity index (χ2n) is 2.52. The van der Waals surface area contributed by atoms with E-state index in [-0.39, 0.29) is 3.57 Å². The fraction of sp³-hybridized carbons (Fsp3) is 0.143. The first kappa shape index (κ1) is 12.8. The average molecular weight is 349 g/mol. The van der Waals surface area contributed by atoms with Crippen LogP contribution < -0.4 is 10.3 Å². The van der Waals surface area contributed by atoms with E-state index in [9.17, 15) is 22.8 Å². The molecule has 88 valence electrons. The van der Waals surface area contributed by atoms with Crippen molar-refractivity contribution in [1.82, 2.24) is 4.98 Å². The highest BCUT2D eigenvalue weighted by Crippen LogP contribution is 2.25. The Hall–Kier alpha value is -1.26. The zero-order valence-electron chi connectivity index (χ0n) is 7.26. The topological polar surface area (TPSA) is 79.4 Å². The minimum atomic E-state index is -5.12. The van der Waals surface area contributed by atoms with Gasteiger partial charge in [0, 0.05) is 9.77 Å². The smallest absolute Gasteiger partial charge is 0.478 e. The zero-order chi connectivity index (χ0) is 12.5. The molecule has 0 spiro atoms. The number of H-pyrrole nitrogens is 1. The van der Waals surface area contributed by atoms with Crippen LogP contribution in [0.3, 0.4) is 0 Å². The van der Waals surface area contributed by atoms with Crippen molar-refractivity contribution in [2.75, 3.05) is 0 Å². The van der Waals surface area contributed by atoms with E-state index in [0.29, 0.717) is 0 Å². The van der Waals surface area contributed by atoms with E-state index in [1.807, 2.05) is 4.98 Å². The lowest BCUT2D eigenvalue weighted by Gasteiger charge is -2.10. The van der Waals surface area contributed by atoms with E-state index < -0.39 is 29.2 Å². The zero-order valence-corrected chi connectivity index (χ0v) is 9.42. The van der Waals surface area contributed by atoms with Crippen LogP contribution in [0.1, 0.15) is 10.4 Å². The minimum Gasteiger partial charge on any atom is -0.478 e. The summed E-state index contributed by atoms with van der Waals surface area (Å²) < 4.78 is 39.1. The molecule has 0 saturated heterocycles. The van der Waals surface area contributed by atoms with E-state index in [4.69, 9.17) is 5.11 Å². The van der Waals surface area contributed by atoms with E-state index in [2.05, 4.69) is 4.74 Å². The van der Waals surface area contributed by atoms with Crippen molar-refractivity contribution in [3.05, 3.63) is 25.7 Å². The first-order chi connectivity index (χ1) is 7.22. The molecule has 0 bridgehead atoms. The Morgan fingerprint density at radius 1 is 1.50 bits per heavy atom. The Labute approximate surface area is 99.4 Å². The van der Waals surface area contributed by atoms with E-state index in [1.54, 1.807) is 0 Å². The second-order valence-corrected chi connectivity index (χ2v) is 3.69. The molecule has 0 aliphatic rings. The number of rotatable bonds is 2. The lowest BCUT2D eigenvalue weighted by molar-refractivity contribution is -0.275. The Morgan fingerprint density at radius 2 is 2.06 bits per heavy atom. The van der Waals surface area contributed by atoms with Crippen molar-refractivity contribution < 1.29 is 27.8 Å². The van der Waals surface area contributed by atoms with E-state index in [1.165, 1.54) is 22.6 Å². The van der Waals surface area contributed by atoms with Crippen molar-refractivity contribution in [1.29, 1.82) is 0 Å². The number of hydrogen-bond acceptors (Lipinski definition) is 3. The predicted octanol–water partition coefficient (Wildman–Crippen LogP) is 1.58. The number of aromatic carboxylic acids is 1. The largest absolute Gasteiger partial charge is 0.573 e. The SMILES string of the molecule is O=C(O)c1c(I)c[nH]c(=O)c1OC(F)(F)F. The number of carbonyl (C=O) groups is 1. The summed E-state index contributed by atoms with van der Waals surface area (Å²) in [6.45, 7) is 0. The summed E-state index contributed by atoms with van der Waals surface area (Å²) in [7, 11) is 0. The molecule has 1 rings (SSSR count). The molecular weight excluding hydrogens is 346 g/mol. The predicted molar refractivity (Wildman–Crippen MR) is 53.4 cm³/mol. The third kappa shape index (κ3) is 2.87. The Kier molecular flexibility index (Phi) is 3.45. The van der Waals surface area contributed by atoms with Crippen LogP contribution in [-0.4, -0.2) is 22.4 Å². The number of alkyl halides is 3. The third-order valence-corrected chi connectivity index (χ3v) is 2.28. The van der Waals surface area contributed by atoms with Gasteiger partial charge in [-0.2, -0.15) is 0 Å². The van der Waals surface area contributed by atoms with Crippen molar-refractivity contribution in [3.63, 3.8) is 0 Å². The Balaban J connectivity index is 3.41. The maximum atomic E-state index is 11.9. The van der Waals surface area contributed by atoms with Gasteiger partial charge < -0.3 is 14.8 Å². The van der Waals surface area contributed by atoms with Gasteiger partial charge in [0.15, 0.2) is 0 Å². The van der Waals surface area contributed by atoms with Crippen LogP contribution in [0.5, 0.6) is 5.75 Å². The second kappa shape index (κ2) is 4.31. The number of nitrogens with one attached hydrogen (secondary N) is 1. The van der Waals surface area contributed by atoms with Gasteiger partial charge in [0.05, 0.1) is 0 Å². The fourth-order valence-corrected chi connectivity index (χ4v) is 1.53. The molecule has 2 N–H and O–H groups in total. The molecule has 5 nitrogen and oxygen atoms in total. The third-order valence-electron chi connectivity index (χ3n) is 1.43. The molecule has 0 saturated carbocycles. The molecule has 0 aliphatic carbocycles. The summed E-state index contributed by atoms with van der Waals surface area (Å²) in [5.74, 6) is -2.94. The molecule has 1 heterocycles. The molecular formula is C7H3F3INO4. The van der Waals surface area contributed by atoms with Crippen LogP contribution in [0.15, 0.2) is 11.0 Å². The number of aromatic nitrogens is 1. The van der Waals surface area contributed by atoms with Crippen molar-refractivity contribution in [3.8, 4) is 5.75 Å². The number of halogens is 4. The average Bonchev–Trinajstić information content (AvgIpc) is 2.08. The molecule has 0 aromatic carbocycles. The first-order valence-electron chi connectivity index (χ1n) is 3.62. The van der Waals surface area contributed by atoms with Crippen LogP contribution in [0.4, 0.5) is 13.2 Å². The van der Waals surface area contributed by atoms with Gasteiger partial charge in [0.2, 0.25) is 5.75 Å². The van der Waals surface area contributed by atoms with Crippen LogP contribution in [0.2, 0.25) is 0 Å². The van der Waals surface area contributed by atoms with Gasteiger partial charge in [0.1, 0.15) is 5.56 Å².